The van der Waals surface area contributed by atoms with Crippen molar-refractivity contribution in [3.05, 3.63) is 27.7 Å². The maximum atomic E-state index is 11.7. The van der Waals surface area contributed by atoms with E-state index in [9.17, 15) is 14.7 Å². The predicted octanol–water partition coefficient (Wildman–Crippen LogP) is 0.101. The van der Waals surface area contributed by atoms with Gasteiger partial charge in [0.1, 0.15) is 0 Å². The monoisotopic (exact) mass is 210 g/mol. The zero-order chi connectivity index (χ0) is 11.7. The summed E-state index contributed by atoms with van der Waals surface area (Å²) in [5.74, 6) is -0.891. The fraction of sp³-hybridized carbons (Fsp3) is 0.400. The third kappa shape index (κ3) is 1.86. The van der Waals surface area contributed by atoms with Crippen LogP contribution in [0.5, 0.6) is 5.75 Å². The lowest BCUT2D eigenvalue weighted by Crippen LogP contribution is -2.27. The van der Waals surface area contributed by atoms with Gasteiger partial charge in [-0.15, -0.1) is 0 Å². The number of aromatic nitrogens is 1. The summed E-state index contributed by atoms with van der Waals surface area (Å²) in [5.41, 5.74) is 0.115. The van der Waals surface area contributed by atoms with Crippen molar-refractivity contribution in [3.63, 3.8) is 0 Å². The third-order valence-electron chi connectivity index (χ3n) is 2.27. The van der Waals surface area contributed by atoms with Gasteiger partial charge in [0.2, 0.25) is 5.43 Å². The average Bonchev–Trinajstić information content (AvgIpc) is 2.15. The summed E-state index contributed by atoms with van der Waals surface area (Å²) in [4.78, 5) is 24.3. The first-order chi connectivity index (χ1) is 6.86. The van der Waals surface area contributed by atoms with Crippen LogP contribution in [-0.4, -0.2) is 34.6 Å². The second-order valence-electron chi connectivity index (χ2n) is 3.61. The molecular formula is C10H14N2O3. The van der Waals surface area contributed by atoms with Gasteiger partial charge in [0.05, 0.1) is 0 Å². The van der Waals surface area contributed by atoms with Gasteiger partial charge >= 0.3 is 0 Å². The zero-order valence-corrected chi connectivity index (χ0v) is 9.24. The molecule has 1 aromatic heterocycles. The molecule has 0 aliphatic rings. The number of carbonyl (C=O) groups excluding carboxylic acids is 1. The van der Waals surface area contributed by atoms with E-state index in [-0.39, 0.29) is 5.69 Å². The molecule has 0 bridgehead atoms. The Morgan fingerprint density at radius 1 is 1.47 bits per heavy atom. The lowest BCUT2D eigenvalue weighted by atomic mass is 10.2. The second-order valence-corrected chi connectivity index (χ2v) is 3.61. The van der Waals surface area contributed by atoms with Crippen LogP contribution in [0.4, 0.5) is 0 Å². The molecule has 5 nitrogen and oxygen atoms in total. The minimum atomic E-state index is -0.532. The smallest absolute Gasteiger partial charge is 0.273 e. The van der Waals surface area contributed by atoms with Crippen LogP contribution in [0.1, 0.15) is 16.2 Å². The van der Waals surface area contributed by atoms with Gasteiger partial charge in [0.15, 0.2) is 11.4 Å². The van der Waals surface area contributed by atoms with Gasteiger partial charge < -0.3 is 14.6 Å². The van der Waals surface area contributed by atoms with E-state index in [0.717, 1.165) is 0 Å². The molecule has 0 radical (unpaired) electrons. The summed E-state index contributed by atoms with van der Waals surface area (Å²) in [6.07, 6.45) is 0. The van der Waals surface area contributed by atoms with E-state index < -0.39 is 17.1 Å². The van der Waals surface area contributed by atoms with E-state index in [1.54, 1.807) is 28.1 Å². The van der Waals surface area contributed by atoms with Crippen molar-refractivity contribution < 1.29 is 9.90 Å². The molecular weight excluding hydrogens is 196 g/mol. The maximum Gasteiger partial charge on any atom is 0.273 e. The van der Waals surface area contributed by atoms with Gasteiger partial charge in [-0.25, -0.2) is 0 Å². The molecule has 0 spiro atoms. The van der Waals surface area contributed by atoms with E-state index in [2.05, 4.69) is 0 Å². The first-order valence-corrected chi connectivity index (χ1v) is 4.47. The van der Waals surface area contributed by atoms with Crippen molar-refractivity contribution in [2.75, 3.05) is 14.1 Å². The lowest BCUT2D eigenvalue weighted by Gasteiger charge is -2.16. The van der Waals surface area contributed by atoms with Crippen LogP contribution in [0.2, 0.25) is 0 Å². The fourth-order valence-electron chi connectivity index (χ4n) is 1.26. The maximum absolute atomic E-state index is 11.7. The number of rotatable bonds is 1. The van der Waals surface area contributed by atoms with Gasteiger partial charge in [-0.2, -0.15) is 0 Å². The van der Waals surface area contributed by atoms with Crippen LogP contribution in [0.3, 0.4) is 0 Å². The summed E-state index contributed by atoms with van der Waals surface area (Å²) in [6.45, 7) is 1.70. The molecule has 0 aliphatic carbocycles. The number of hydrogen-bond donors (Lipinski definition) is 1. The number of nitrogens with zero attached hydrogens (tertiary/aromatic N) is 2. The van der Waals surface area contributed by atoms with Crippen molar-refractivity contribution in [3.8, 4) is 5.75 Å². The number of carbonyl (C=O) groups is 1. The lowest BCUT2D eigenvalue weighted by molar-refractivity contribution is 0.0813. The van der Waals surface area contributed by atoms with Crippen LogP contribution in [0, 0.1) is 6.92 Å². The Morgan fingerprint density at radius 3 is 2.47 bits per heavy atom. The predicted molar refractivity (Wildman–Crippen MR) is 56.1 cm³/mol. The van der Waals surface area contributed by atoms with Gasteiger partial charge in [-0.1, -0.05) is 0 Å². The van der Waals surface area contributed by atoms with Crippen molar-refractivity contribution >= 4 is 5.91 Å². The van der Waals surface area contributed by atoms with E-state index in [4.69, 9.17) is 0 Å². The first-order valence-electron chi connectivity index (χ1n) is 4.47. The van der Waals surface area contributed by atoms with Crippen LogP contribution < -0.4 is 5.43 Å². The Morgan fingerprint density at radius 2 is 2.00 bits per heavy atom. The molecule has 0 atom stereocenters. The first kappa shape index (κ1) is 11.3. The largest absolute Gasteiger partial charge is 0.503 e. The molecule has 1 rings (SSSR count). The zero-order valence-electron chi connectivity index (χ0n) is 9.24. The minimum absolute atomic E-state index is 0.0185. The third-order valence-corrected chi connectivity index (χ3v) is 2.27. The number of amides is 1. The average molecular weight is 210 g/mol. The molecule has 1 N–H and O–H groups in total. The van der Waals surface area contributed by atoms with Crippen molar-refractivity contribution in [1.82, 2.24) is 9.47 Å². The van der Waals surface area contributed by atoms with Crippen molar-refractivity contribution in [1.29, 1.82) is 0 Å². The van der Waals surface area contributed by atoms with Crippen LogP contribution in [-0.2, 0) is 7.05 Å². The molecule has 1 amide bonds. The molecule has 0 aliphatic heterocycles. The van der Waals surface area contributed by atoms with Gasteiger partial charge in [-0.05, 0) is 6.92 Å². The molecule has 0 fully saturated rings. The molecule has 5 heteroatoms. The Hall–Kier alpha value is -1.78. The van der Waals surface area contributed by atoms with Gasteiger partial charge in [-0.3, -0.25) is 9.59 Å². The number of pyridine rings is 1. The Kier molecular flexibility index (Phi) is 2.83. The van der Waals surface area contributed by atoms with Crippen LogP contribution in [0.15, 0.2) is 10.9 Å². The summed E-state index contributed by atoms with van der Waals surface area (Å²) < 4.78 is 1.50. The number of aromatic hydroxyl groups is 1. The summed E-state index contributed by atoms with van der Waals surface area (Å²) in [5, 5.41) is 9.54. The molecule has 15 heavy (non-hydrogen) atoms. The van der Waals surface area contributed by atoms with Crippen molar-refractivity contribution in [2.24, 2.45) is 7.05 Å². The molecule has 0 saturated heterocycles. The highest BCUT2D eigenvalue weighted by Gasteiger charge is 2.19. The van der Waals surface area contributed by atoms with Gasteiger partial charge in [0.25, 0.3) is 5.91 Å². The summed E-state index contributed by atoms with van der Waals surface area (Å²) in [6, 6.07) is 1.29. The highest BCUT2D eigenvalue weighted by molar-refractivity contribution is 5.94. The number of hydrogen-bond acceptors (Lipinski definition) is 3. The molecule has 1 aromatic rings. The topological polar surface area (TPSA) is 62.5 Å². The number of aryl methyl sites for hydroxylation is 1. The standard InChI is InChI=1S/C10H14N2O3/c1-6-5-7(13)9(14)8(12(6)4)10(15)11(2)3/h5,14H,1-4H3. The quantitative estimate of drug-likeness (QED) is 0.715. The van der Waals surface area contributed by atoms with E-state index in [0.29, 0.717) is 5.69 Å². The van der Waals surface area contributed by atoms with Crippen LogP contribution in [0.25, 0.3) is 0 Å². The second kappa shape index (κ2) is 3.76. The van der Waals surface area contributed by atoms with Gasteiger partial charge in [0, 0.05) is 32.9 Å². The van der Waals surface area contributed by atoms with E-state index in [1.165, 1.54) is 15.5 Å². The Balaban J connectivity index is 3.53. The molecule has 0 unspecified atom stereocenters. The Labute approximate surface area is 87.6 Å². The molecule has 0 aromatic carbocycles. The normalized spacial score (nSPS) is 10.1. The fourth-order valence-corrected chi connectivity index (χ4v) is 1.26. The van der Waals surface area contributed by atoms with E-state index >= 15 is 0 Å². The summed E-state index contributed by atoms with van der Waals surface area (Å²) >= 11 is 0. The summed E-state index contributed by atoms with van der Waals surface area (Å²) in [7, 11) is 4.76. The van der Waals surface area contributed by atoms with E-state index in [1.807, 2.05) is 0 Å². The Bertz CT molecular complexity index is 460. The molecule has 1 heterocycles. The minimum Gasteiger partial charge on any atom is -0.503 e. The van der Waals surface area contributed by atoms with Crippen LogP contribution >= 0.6 is 0 Å². The SMILES string of the molecule is Cc1cc(=O)c(O)c(C(=O)N(C)C)n1C. The van der Waals surface area contributed by atoms with Crippen molar-refractivity contribution in [2.45, 2.75) is 6.92 Å². The highest BCUT2D eigenvalue weighted by Crippen LogP contribution is 2.14. The molecule has 0 saturated carbocycles. The molecule has 82 valence electrons. The highest BCUT2D eigenvalue weighted by atomic mass is 16.3.